The lowest BCUT2D eigenvalue weighted by molar-refractivity contribution is 0.0830. The molecular formula is C20H28N4O2. The number of likely N-dealkylation sites (tertiary alicyclic amines) is 1. The van der Waals surface area contributed by atoms with E-state index in [1.807, 2.05) is 18.2 Å². The number of amides is 1. The largest absolute Gasteiger partial charge is 0.372 e. The number of piperidine rings is 1. The van der Waals surface area contributed by atoms with E-state index in [-0.39, 0.29) is 5.91 Å². The molecule has 0 saturated carbocycles. The Balaban J connectivity index is 1.31. The molecular weight excluding hydrogens is 328 g/mol. The number of carbonyl (C=O) groups is 1. The van der Waals surface area contributed by atoms with Gasteiger partial charge >= 0.3 is 0 Å². The van der Waals surface area contributed by atoms with Crippen molar-refractivity contribution < 1.29 is 9.53 Å². The molecule has 0 bridgehead atoms. The van der Waals surface area contributed by atoms with Gasteiger partial charge in [-0.2, -0.15) is 0 Å². The van der Waals surface area contributed by atoms with Crippen LogP contribution < -0.4 is 5.32 Å². The van der Waals surface area contributed by atoms with Crippen molar-refractivity contribution in [3.8, 4) is 0 Å². The van der Waals surface area contributed by atoms with Crippen molar-refractivity contribution in [1.29, 1.82) is 0 Å². The zero-order chi connectivity index (χ0) is 17.9. The van der Waals surface area contributed by atoms with E-state index in [1.165, 1.54) is 25.9 Å². The van der Waals surface area contributed by atoms with E-state index in [2.05, 4.69) is 26.7 Å². The maximum absolute atomic E-state index is 12.5. The number of fused-ring (bicyclic) bond motifs is 3. The lowest BCUT2D eigenvalue weighted by Gasteiger charge is -2.30. The van der Waals surface area contributed by atoms with Crippen LogP contribution in [-0.2, 0) is 17.9 Å². The monoisotopic (exact) mass is 356 g/mol. The third-order valence-corrected chi connectivity index (χ3v) is 5.46. The Bertz CT molecular complexity index is 785. The van der Waals surface area contributed by atoms with E-state index >= 15 is 0 Å². The van der Waals surface area contributed by atoms with Crippen LogP contribution in [0.25, 0.3) is 11.0 Å². The van der Waals surface area contributed by atoms with E-state index < -0.39 is 0 Å². The van der Waals surface area contributed by atoms with Crippen LogP contribution in [0.1, 0.15) is 42.4 Å². The highest BCUT2D eigenvalue weighted by Crippen LogP contribution is 2.21. The smallest absolute Gasteiger partial charge is 0.251 e. The average molecular weight is 356 g/mol. The third kappa shape index (κ3) is 3.76. The molecule has 1 unspecified atom stereocenters. The number of ether oxygens (including phenoxy) is 1. The minimum absolute atomic E-state index is 0.0128. The summed E-state index contributed by atoms with van der Waals surface area (Å²) in [7, 11) is 0. The van der Waals surface area contributed by atoms with Crippen molar-refractivity contribution in [1.82, 2.24) is 19.8 Å². The van der Waals surface area contributed by atoms with Crippen LogP contribution in [0.15, 0.2) is 18.2 Å². The van der Waals surface area contributed by atoms with Crippen LogP contribution >= 0.6 is 0 Å². The van der Waals surface area contributed by atoms with Gasteiger partial charge in [0.1, 0.15) is 12.4 Å². The number of carbonyl (C=O) groups excluding carboxylic acids is 1. The first kappa shape index (κ1) is 17.5. The van der Waals surface area contributed by atoms with Crippen LogP contribution in [0.4, 0.5) is 0 Å². The number of hydrogen-bond donors (Lipinski definition) is 1. The normalized spacial score (nSPS) is 20.9. The quantitative estimate of drug-likeness (QED) is 0.836. The van der Waals surface area contributed by atoms with Gasteiger partial charge in [-0.25, -0.2) is 4.98 Å². The molecule has 1 amide bonds. The molecule has 1 aromatic carbocycles. The van der Waals surface area contributed by atoms with Crippen LogP contribution in [-0.4, -0.2) is 53.1 Å². The van der Waals surface area contributed by atoms with Gasteiger partial charge in [-0.15, -0.1) is 0 Å². The molecule has 2 aliphatic rings. The summed E-state index contributed by atoms with van der Waals surface area (Å²) in [5, 5.41) is 3.05. The molecule has 26 heavy (non-hydrogen) atoms. The molecule has 1 aromatic heterocycles. The number of hydrogen-bond acceptors (Lipinski definition) is 4. The molecule has 2 aliphatic heterocycles. The third-order valence-electron chi connectivity index (χ3n) is 5.46. The fourth-order valence-corrected chi connectivity index (χ4v) is 4.10. The van der Waals surface area contributed by atoms with Gasteiger partial charge in [0.15, 0.2) is 0 Å². The van der Waals surface area contributed by atoms with Gasteiger partial charge in [0.2, 0.25) is 0 Å². The van der Waals surface area contributed by atoms with Crippen molar-refractivity contribution >= 4 is 16.9 Å². The summed E-state index contributed by atoms with van der Waals surface area (Å²) < 4.78 is 7.64. The zero-order valence-corrected chi connectivity index (χ0v) is 15.5. The highest BCUT2D eigenvalue weighted by Gasteiger charge is 2.17. The minimum atomic E-state index is -0.0128. The summed E-state index contributed by atoms with van der Waals surface area (Å²) in [4.78, 5) is 19.6. The molecule has 1 saturated heterocycles. The predicted molar refractivity (Wildman–Crippen MR) is 101 cm³/mol. The van der Waals surface area contributed by atoms with Crippen LogP contribution in [0.5, 0.6) is 0 Å². The SMILES string of the molecule is CC1CCCN(CCCNC(=O)c2ccc3c(c2)nc2n3CCOC2)C1. The molecule has 0 aliphatic carbocycles. The predicted octanol–water partition coefficient (Wildman–Crippen LogP) is 2.42. The van der Waals surface area contributed by atoms with Gasteiger partial charge in [0.05, 0.1) is 17.6 Å². The van der Waals surface area contributed by atoms with Crippen LogP contribution in [0, 0.1) is 5.92 Å². The summed E-state index contributed by atoms with van der Waals surface area (Å²) in [5.74, 6) is 1.73. The Kier molecular flexibility index (Phi) is 5.22. The lowest BCUT2D eigenvalue weighted by Crippen LogP contribution is -2.36. The maximum atomic E-state index is 12.5. The molecule has 6 nitrogen and oxygen atoms in total. The molecule has 0 radical (unpaired) electrons. The van der Waals surface area contributed by atoms with Gasteiger partial charge in [-0.1, -0.05) is 6.92 Å². The molecule has 1 N–H and O–H groups in total. The van der Waals surface area contributed by atoms with Crippen molar-refractivity contribution in [3.63, 3.8) is 0 Å². The topological polar surface area (TPSA) is 59.4 Å². The molecule has 140 valence electrons. The number of imidazole rings is 1. The van der Waals surface area contributed by atoms with Crippen molar-refractivity contribution in [2.24, 2.45) is 5.92 Å². The molecule has 6 heteroatoms. The number of rotatable bonds is 5. The van der Waals surface area contributed by atoms with E-state index in [0.717, 1.165) is 55.4 Å². The highest BCUT2D eigenvalue weighted by molar-refractivity contribution is 5.97. The molecule has 4 rings (SSSR count). The first-order valence-electron chi connectivity index (χ1n) is 9.78. The van der Waals surface area contributed by atoms with Crippen LogP contribution in [0.3, 0.4) is 0 Å². The zero-order valence-electron chi connectivity index (χ0n) is 15.5. The van der Waals surface area contributed by atoms with Gasteiger partial charge in [0, 0.05) is 25.2 Å². The average Bonchev–Trinajstić information content (AvgIpc) is 3.03. The Morgan fingerprint density at radius 3 is 3.19 bits per heavy atom. The van der Waals surface area contributed by atoms with E-state index in [9.17, 15) is 4.79 Å². The standard InChI is InChI=1S/C20H28N4O2/c1-15-4-2-8-23(13-15)9-3-7-21-20(25)16-5-6-18-17(12-16)22-19-14-26-11-10-24(18)19/h5-6,12,15H,2-4,7-11,13-14H2,1H3,(H,21,25). The highest BCUT2D eigenvalue weighted by atomic mass is 16.5. The summed E-state index contributed by atoms with van der Waals surface area (Å²) in [5.41, 5.74) is 2.64. The first-order valence-corrected chi connectivity index (χ1v) is 9.78. The van der Waals surface area contributed by atoms with Crippen molar-refractivity contribution in [2.45, 2.75) is 39.3 Å². The second-order valence-corrected chi connectivity index (χ2v) is 7.59. The van der Waals surface area contributed by atoms with E-state index in [0.29, 0.717) is 12.2 Å². The van der Waals surface area contributed by atoms with Gasteiger partial charge in [-0.3, -0.25) is 4.79 Å². The summed E-state index contributed by atoms with van der Waals surface area (Å²) >= 11 is 0. The second-order valence-electron chi connectivity index (χ2n) is 7.59. The van der Waals surface area contributed by atoms with E-state index in [4.69, 9.17) is 4.74 Å². The number of benzene rings is 1. The fraction of sp³-hybridized carbons (Fsp3) is 0.600. The maximum Gasteiger partial charge on any atom is 0.251 e. The van der Waals surface area contributed by atoms with Crippen molar-refractivity contribution in [3.05, 3.63) is 29.6 Å². The van der Waals surface area contributed by atoms with Crippen molar-refractivity contribution in [2.75, 3.05) is 32.8 Å². The number of nitrogens with zero attached hydrogens (tertiary/aromatic N) is 3. The fourth-order valence-electron chi connectivity index (χ4n) is 4.10. The van der Waals surface area contributed by atoms with Crippen LogP contribution in [0.2, 0.25) is 0 Å². The Hall–Kier alpha value is -1.92. The van der Waals surface area contributed by atoms with Gasteiger partial charge in [0.25, 0.3) is 5.91 Å². The van der Waals surface area contributed by atoms with E-state index in [1.54, 1.807) is 0 Å². The molecule has 1 atom stereocenters. The summed E-state index contributed by atoms with van der Waals surface area (Å²) in [6, 6.07) is 5.79. The lowest BCUT2D eigenvalue weighted by atomic mass is 10.0. The Morgan fingerprint density at radius 1 is 1.38 bits per heavy atom. The molecule has 2 aromatic rings. The summed E-state index contributed by atoms with van der Waals surface area (Å²) in [6.07, 6.45) is 3.64. The second kappa shape index (κ2) is 7.76. The van der Waals surface area contributed by atoms with Gasteiger partial charge in [-0.05, 0) is 56.5 Å². The van der Waals surface area contributed by atoms with Gasteiger partial charge < -0.3 is 19.5 Å². The molecule has 1 fully saturated rings. The molecule has 0 spiro atoms. The Labute approximate surface area is 154 Å². The Morgan fingerprint density at radius 2 is 2.31 bits per heavy atom. The number of nitrogens with one attached hydrogen (secondary N) is 1. The molecule has 3 heterocycles. The first-order chi connectivity index (χ1) is 12.7. The minimum Gasteiger partial charge on any atom is -0.372 e. The number of aromatic nitrogens is 2. The summed E-state index contributed by atoms with van der Waals surface area (Å²) in [6.45, 7) is 8.59.